The summed E-state index contributed by atoms with van der Waals surface area (Å²) in [6.45, 7) is 6.72. The predicted octanol–water partition coefficient (Wildman–Crippen LogP) is 3.93. The molecule has 0 atom stereocenters. The molecule has 0 fully saturated rings. The quantitative estimate of drug-likeness (QED) is 0.758. The Kier molecular flexibility index (Phi) is 2.82. The molecule has 1 aromatic heterocycles. The van der Waals surface area contributed by atoms with E-state index < -0.39 is 0 Å². The molecule has 2 heteroatoms. The maximum atomic E-state index is 5.29. The van der Waals surface area contributed by atoms with E-state index in [1.807, 2.05) is 6.07 Å². The monoisotopic (exact) mass is 215 g/mol. The molecule has 1 aromatic carbocycles. The van der Waals surface area contributed by atoms with Gasteiger partial charge >= 0.3 is 0 Å². The molecule has 2 aromatic rings. The van der Waals surface area contributed by atoms with Crippen molar-refractivity contribution in [3.05, 3.63) is 42.3 Å². The fourth-order valence-corrected chi connectivity index (χ4v) is 1.79. The summed E-state index contributed by atoms with van der Waals surface area (Å²) >= 11 is 0. The highest BCUT2D eigenvalue weighted by Gasteiger charge is 2.12. The van der Waals surface area contributed by atoms with E-state index >= 15 is 0 Å². The van der Waals surface area contributed by atoms with Crippen LogP contribution in [0.1, 0.15) is 26.3 Å². The van der Waals surface area contributed by atoms with Crippen LogP contribution in [-0.4, -0.2) is 4.98 Å². The van der Waals surface area contributed by atoms with Crippen molar-refractivity contribution in [3.8, 4) is 11.5 Å². The van der Waals surface area contributed by atoms with Crippen molar-refractivity contribution in [2.24, 2.45) is 5.41 Å². The van der Waals surface area contributed by atoms with Crippen molar-refractivity contribution in [1.29, 1.82) is 0 Å². The van der Waals surface area contributed by atoms with Crippen molar-refractivity contribution in [1.82, 2.24) is 4.98 Å². The third-order valence-corrected chi connectivity index (χ3v) is 2.34. The second-order valence-electron chi connectivity index (χ2n) is 5.28. The standard InChI is InChI=1S/C14H17NO/c1-14(2,3)10-11-5-4-6-12(9-11)13-15-7-8-16-13/h4-9H,10H2,1-3H3. The summed E-state index contributed by atoms with van der Waals surface area (Å²) in [5.74, 6) is 0.691. The Balaban J connectivity index is 2.27. The predicted molar refractivity (Wildman–Crippen MR) is 65.1 cm³/mol. The van der Waals surface area contributed by atoms with Crippen molar-refractivity contribution in [2.45, 2.75) is 27.2 Å². The summed E-state index contributed by atoms with van der Waals surface area (Å²) in [7, 11) is 0. The van der Waals surface area contributed by atoms with Crippen LogP contribution >= 0.6 is 0 Å². The van der Waals surface area contributed by atoms with E-state index in [1.54, 1.807) is 12.5 Å². The van der Waals surface area contributed by atoms with Crippen LogP contribution in [-0.2, 0) is 6.42 Å². The molecule has 0 N–H and O–H groups in total. The lowest BCUT2D eigenvalue weighted by molar-refractivity contribution is 0.411. The van der Waals surface area contributed by atoms with Gasteiger partial charge in [-0.1, -0.05) is 32.9 Å². The fraction of sp³-hybridized carbons (Fsp3) is 0.357. The van der Waals surface area contributed by atoms with E-state index in [-0.39, 0.29) is 0 Å². The van der Waals surface area contributed by atoms with Crippen molar-refractivity contribution >= 4 is 0 Å². The first-order valence-electron chi connectivity index (χ1n) is 5.53. The third-order valence-electron chi connectivity index (χ3n) is 2.34. The summed E-state index contributed by atoms with van der Waals surface area (Å²) < 4.78 is 5.29. The minimum absolute atomic E-state index is 0.301. The van der Waals surface area contributed by atoms with E-state index in [1.165, 1.54) is 5.56 Å². The van der Waals surface area contributed by atoms with Crippen LogP contribution in [0.3, 0.4) is 0 Å². The molecular weight excluding hydrogens is 198 g/mol. The second-order valence-corrected chi connectivity index (χ2v) is 5.28. The summed E-state index contributed by atoms with van der Waals surface area (Å²) in [6, 6.07) is 8.38. The highest BCUT2D eigenvalue weighted by Crippen LogP contribution is 2.24. The highest BCUT2D eigenvalue weighted by molar-refractivity contribution is 5.54. The van der Waals surface area contributed by atoms with Gasteiger partial charge in [0, 0.05) is 5.56 Å². The molecule has 0 aliphatic heterocycles. The van der Waals surface area contributed by atoms with Crippen molar-refractivity contribution in [3.63, 3.8) is 0 Å². The fourth-order valence-electron chi connectivity index (χ4n) is 1.79. The minimum Gasteiger partial charge on any atom is -0.445 e. The maximum Gasteiger partial charge on any atom is 0.225 e. The van der Waals surface area contributed by atoms with Crippen LogP contribution in [0.2, 0.25) is 0 Å². The van der Waals surface area contributed by atoms with Gasteiger partial charge in [-0.05, 0) is 29.5 Å². The first kappa shape index (κ1) is 10.9. The molecule has 84 valence electrons. The normalized spacial score (nSPS) is 11.7. The van der Waals surface area contributed by atoms with Crippen LogP contribution in [0, 0.1) is 5.41 Å². The molecule has 1 heterocycles. The molecule has 2 nitrogen and oxygen atoms in total. The number of nitrogens with zero attached hydrogens (tertiary/aromatic N) is 1. The zero-order valence-corrected chi connectivity index (χ0v) is 10.0. The zero-order valence-electron chi connectivity index (χ0n) is 10.0. The first-order chi connectivity index (χ1) is 7.54. The number of aromatic nitrogens is 1. The van der Waals surface area contributed by atoms with E-state index in [2.05, 4.69) is 44.0 Å². The summed E-state index contributed by atoms with van der Waals surface area (Å²) in [4.78, 5) is 4.16. The average molecular weight is 215 g/mol. The van der Waals surface area contributed by atoms with Crippen LogP contribution in [0.5, 0.6) is 0 Å². The van der Waals surface area contributed by atoms with Gasteiger partial charge in [-0.25, -0.2) is 4.98 Å². The van der Waals surface area contributed by atoms with Gasteiger partial charge in [0.15, 0.2) is 0 Å². The topological polar surface area (TPSA) is 26.0 Å². The maximum absolute atomic E-state index is 5.29. The van der Waals surface area contributed by atoms with Gasteiger partial charge in [0.25, 0.3) is 0 Å². The SMILES string of the molecule is CC(C)(C)Cc1cccc(-c2ncco2)c1. The smallest absolute Gasteiger partial charge is 0.225 e. The molecule has 2 rings (SSSR count). The zero-order chi connectivity index (χ0) is 11.6. The number of oxazole rings is 1. The molecule has 0 aliphatic rings. The molecule has 16 heavy (non-hydrogen) atoms. The van der Waals surface area contributed by atoms with Crippen molar-refractivity contribution < 1.29 is 4.42 Å². The Morgan fingerprint density at radius 1 is 1.25 bits per heavy atom. The first-order valence-corrected chi connectivity index (χ1v) is 5.53. The highest BCUT2D eigenvalue weighted by atomic mass is 16.3. The summed E-state index contributed by atoms with van der Waals surface area (Å²) in [5.41, 5.74) is 2.67. The Morgan fingerprint density at radius 3 is 2.69 bits per heavy atom. The molecule has 0 spiro atoms. The molecule has 0 aliphatic carbocycles. The van der Waals surface area contributed by atoms with Gasteiger partial charge in [-0.15, -0.1) is 0 Å². The Bertz CT molecular complexity index is 452. The van der Waals surface area contributed by atoms with Crippen LogP contribution < -0.4 is 0 Å². The van der Waals surface area contributed by atoms with Gasteiger partial charge in [0.1, 0.15) is 6.26 Å². The molecule has 0 saturated carbocycles. The van der Waals surface area contributed by atoms with Crippen LogP contribution in [0.15, 0.2) is 41.1 Å². The molecule has 0 bridgehead atoms. The van der Waals surface area contributed by atoms with Gasteiger partial charge in [-0.2, -0.15) is 0 Å². The van der Waals surface area contributed by atoms with E-state index in [0.717, 1.165) is 12.0 Å². The van der Waals surface area contributed by atoms with Crippen LogP contribution in [0.4, 0.5) is 0 Å². The lowest BCUT2D eigenvalue weighted by Crippen LogP contribution is -2.08. The average Bonchev–Trinajstić information content (AvgIpc) is 2.68. The number of hydrogen-bond acceptors (Lipinski definition) is 2. The summed E-state index contributed by atoms with van der Waals surface area (Å²) in [6.07, 6.45) is 4.33. The molecular formula is C14H17NO. The lowest BCUT2D eigenvalue weighted by atomic mass is 9.88. The Morgan fingerprint density at radius 2 is 2.06 bits per heavy atom. The molecule has 0 radical (unpaired) electrons. The molecule has 0 unspecified atom stereocenters. The Hall–Kier alpha value is -1.57. The van der Waals surface area contributed by atoms with Gasteiger partial charge < -0.3 is 4.42 Å². The van der Waals surface area contributed by atoms with E-state index in [4.69, 9.17) is 4.42 Å². The van der Waals surface area contributed by atoms with Gasteiger partial charge in [0.2, 0.25) is 5.89 Å². The van der Waals surface area contributed by atoms with Crippen LogP contribution in [0.25, 0.3) is 11.5 Å². The van der Waals surface area contributed by atoms with E-state index in [0.29, 0.717) is 11.3 Å². The second kappa shape index (κ2) is 4.12. The third kappa shape index (κ3) is 2.72. The number of benzene rings is 1. The lowest BCUT2D eigenvalue weighted by Gasteiger charge is -2.18. The molecule has 0 saturated heterocycles. The largest absolute Gasteiger partial charge is 0.445 e. The Labute approximate surface area is 96.3 Å². The van der Waals surface area contributed by atoms with Gasteiger partial charge in [0.05, 0.1) is 6.20 Å². The number of rotatable bonds is 2. The molecule has 0 amide bonds. The van der Waals surface area contributed by atoms with E-state index in [9.17, 15) is 0 Å². The minimum atomic E-state index is 0.301. The van der Waals surface area contributed by atoms with Crippen molar-refractivity contribution in [2.75, 3.05) is 0 Å². The summed E-state index contributed by atoms with van der Waals surface area (Å²) in [5, 5.41) is 0. The number of hydrogen-bond donors (Lipinski definition) is 0. The van der Waals surface area contributed by atoms with Gasteiger partial charge in [-0.3, -0.25) is 0 Å².